The summed E-state index contributed by atoms with van der Waals surface area (Å²) in [6.45, 7) is 0. The van der Waals surface area contributed by atoms with Crippen LogP contribution in [-0.2, 0) is 16.6 Å². The van der Waals surface area contributed by atoms with E-state index in [0.29, 0.717) is 17.3 Å². The molecule has 0 unspecified atom stereocenters. The Morgan fingerprint density at radius 2 is 1.88 bits per heavy atom. The Labute approximate surface area is 191 Å². The second-order valence-corrected chi connectivity index (χ2v) is 7.72. The molecule has 2 atom stereocenters. The van der Waals surface area contributed by atoms with Crippen molar-refractivity contribution in [3.8, 4) is 5.75 Å². The molecule has 1 saturated heterocycles. The summed E-state index contributed by atoms with van der Waals surface area (Å²) in [5.41, 5.74) is 1.35. The van der Waals surface area contributed by atoms with Gasteiger partial charge in [-0.05, 0) is 36.2 Å². The number of benzene rings is 2. The lowest BCUT2D eigenvalue weighted by molar-refractivity contribution is -0.122. The number of nitrogens with one attached hydrogen (secondary N) is 2. The number of ether oxygens (including phenoxy) is 1. The number of aryl methyl sites for hydroxylation is 1. The molecule has 0 bridgehead atoms. The number of hydrogen-bond donors (Lipinski definition) is 2. The van der Waals surface area contributed by atoms with E-state index in [2.05, 4.69) is 15.6 Å². The molecule has 2 N–H and O–H groups in total. The molecule has 4 rings (SSSR count). The molecule has 170 valence electrons. The Morgan fingerprint density at radius 1 is 1.15 bits per heavy atom. The SMILES string of the molecule is COc1ccc(N2C(=O)N[C@H](CCC(=O)N[C@H](c3ccccc3)c3nccn3C)C2=O)cc1. The van der Waals surface area contributed by atoms with Crippen LogP contribution < -0.4 is 20.3 Å². The maximum absolute atomic E-state index is 12.8. The highest BCUT2D eigenvalue weighted by Gasteiger charge is 2.39. The van der Waals surface area contributed by atoms with E-state index in [1.54, 1.807) is 37.6 Å². The monoisotopic (exact) mass is 447 g/mol. The molecule has 33 heavy (non-hydrogen) atoms. The topological polar surface area (TPSA) is 106 Å². The smallest absolute Gasteiger partial charge is 0.329 e. The first-order valence-corrected chi connectivity index (χ1v) is 10.6. The first-order chi connectivity index (χ1) is 16.0. The van der Waals surface area contributed by atoms with Crippen LogP contribution >= 0.6 is 0 Å². The zero-order chi connectivity index (χ0) is 23.4. The predicted octanol–water partition coefficient (Wildman–Crippen LogP) is 2.54. The summed E-state index contributed by atoms with van der Waals surface area (Å²) in [6.07, 6.45) is 3.75. The molecular weight excluding hydrogens is 422 g/mol. The molecule has 3 aromatic rings. The van der Waals surface area contributed by atoms with E-state index in [1.165, 1.54) is 0 Å². The van der Waals surface area contributed by atoms with Crippen molar-refractivity contribution in [3.63, 3.8) is 0 Å². The second kappa shape index (κ2) is 9.56. The second-order valence-electron chi connectivity index (χ2n) is 7.72. The minimum Gasteiger partial charge on any atom is -0.497 e. The summed E-state index contributed by atoms with van der Waals surface area (Å²) < 4.78 is 6.97. The number of carbonyl (C=O) groups is 3. The number of hydrogen-bond acceptors (Lipinski definition) is 5. The van der Waals surface area contributed by atoms with Gasteiger partial charge in [0, 0.05) is 25.9 Å². The largest absolute Gasteiger partial charge is 0.497 e. The Morgan fingerprint density at radius 3 is 2.52 bits per heavy atom. The molecule has 1 aromatic heterocycles. The zero-order valence-corrected chi connectivity index (χ0v) is 18.4. The number of rotatable bonds is 8. The molecule has 4 amide bonds. The predicted molar refractivity (Wildman–Crippen MR) is 122 cm³/mol. The summed E-state index contributed by atoms with van der Waals surface area (Å²) >= 11 is 0. The molecule has 1 aliphatic rings. The number of imidazole rings is 1. The van der Waals surface area contributed by atoms with Crippen LogP contribution in [0.2, 0.25) is 0 Å². The fraction of sp³-hybridized carbons (Fsp3) is 0.250. The normalized spacial score (nSPS) is 16.4. The highest BCUT2D eigenvalue weighted by Crippen LogP contribution is 2.24. The molecule has 9 heteroatoms. The van der Waals surface area contributed by atoms with Gasteiger partial charge in [0.05, 0.1) is 12.8 Å². The van der Waals surface area contributed by atoms with E-state index in [0.717, 1.165) is 10.5 Å². The molecule has 1 aliphatic heterocycles. The van der Waals surface area contributed by atoms with E-state index in [9.17, 15) is 14.4 Å². The van der Waals surface area contributed by atoms with Crippen LogP contribution in [-0.4, -0.2) is 40.5 Å². The van der Waals surface area contributed by atoms with E-state index < -0.39 is 18.1 Å². The number of imide groups is 1. The highest BCUT2D eigenvalue weighted by atomic mass is 16.5. The lowest BCUT2D eigenvalue weighted by Gasteiger charge is -2.19. The fourth-order valence-electron chi connectivity index (χ4n) is 3.81. The third-order valence-electron chi connectivity index (χ3n) is 5.56. The number of amides is 4. The lowest BCUT2D eigenvalue weighted by atomic mass is 10.1. The summed E-state index contributed by atoms with van der Waals surface area (Å²) in [5.74, 6) is 0.698. The summed E-state index contributed by atoms with van der Waals surface area (Å²) in [4.78, 5) is 43.5. The van der Waals surface area contributed by atoms with Gasteiger partial charge in [-0.1, -0.05) is 30.3 Å². The maximum atomic E-state index is 12.8. The fourth-order valence-corrected chi connectivity index (χ4v) is 3.81. The van der Waals surface area contributed by atoms with E-state index in [1.807, 2.05) is 48.1 Å². The van der Waals surface area contributed by atoms with Gasteiger partial charge in [0.25, 0.3) is 5.91 Å². The van der Waals surface area contributed by atoms with Crippen molar-refractivity contribution < 1.29 is 19.1 Å². The molecule has 0 radical (unpaired) electrons. The van der Waals surface area contributed by atoms with Gasteiger partial charge in [-0.2, -0.15) is 0 Å². The van der Waals surface area contributed by atoms with Crippen LogP contribution in [0.5, 0.6) is 5.75 Å². The first-order valence-electron chi connectivity index (χ1n) is 10.6. The number of nitrogens with zero attached hydrogens (tertiary/aromatic N) is 3. The molecule has 2 aromatic carbocycles. The molecule has 0 saturated carbocycles. The lowest BCUT2D eigenvalue weighted by Crippen LogP contribution is -2.34. The molecule has 0 spiro atoms. The van der Waals surface area contributed by atoms with Gasteiger partial charge in [0.1, 0.15) is 23.7 Å². The molecule has 0 aliphatic carbocycles. The summed E-state index contributed by atoms with van der Waals surface area (Å²) in [7, 11) is 3.41. The van der Waals surface area contributed by atoms with Gasteiger partial charge in [0.15, 0.2) is 0 Å². The van der Waals surface area contributed by atoms with Crippen molar-refractivity contribution in [2.24, 2.45) is 7.05 Å². The Balaban J connectivity index is 1.41. The Hall–Kier alpha value is -4.14. The van der Waals surface area contributed by atoms with Crippen molar-refractivity contribution in [3.05, 3.63) is 78.4 Å². The van der Waals surface area contributed by atoms with Crippen LogP contribution in [0.25, 0.3) is 0 Å². The zero-order valence-electron chi connectivity index (χ0n) is 18.4. The Kier molecular flexibility index (Phi) is 6.39. The van der Waals surface area contributed by atoms with Crippen molar-refractivity contribution >= 4 is 23.5 Å². The molecule has 1 fully saturated rings. The quantitative estimate of drug-likeness (QED) is 0.517. The van der Waals surface area contributed by atoms with Crippen LogP contribution in [0, 0.1) is 0 Å². The maximum Gasteiger partial charge on any atom is 0.329 e. The minimum absolute atomic E-state index is 0.0703. The highest BCUT2D eigenvalue weighted by molar-refractivity contribution is 6.21. The molecular formula is C24H25N5O4. The van der Waals surface area contributed by atoms with Gasteiger partial charge < -0.3 is 19.9 Å². The van der Waals surface area contributed by atoms with Crippen molar-refractivity contribution in [1.29, 1.82) is 0 Å². The third kappa shape index (κ3) is 4.72. The summed E-state index contributed by atoms with van der Waals surface area (Å²) in [6, 6.07) is 14.5. The van der Waals surface area contributed by atoms with E-state index in [4.69, 9.17) is 4.74 Å². The van der Waals surface area contributed by atoms with Crippen LogP contribution in [0.1, 0.15) is 30.3 Å². The standard InChI is InChI=1S/C24H25N5O4/c1-28-15-14-25-22(28)21(16-6-4-3-5-7-16)27-20(30)13-12-19-23(31)29(24(32)26-19)17-8-10-18(33-2)11-9-17/h3-11,14-15,19,21H,12-13H2,1-2H3,(H,26,32)(H,27,30)/t19-,21-/m1/s1. The van der Waals surface area contributed by atoms with E-state index in [-0.39, 0.29) is 24.7 Å². The first kappa shape index (κ1) is 22.1. The number of carbonyl (C=O) groups excluding carboxylic acids is 3. The van der Waals surface area contributed by atoms with Gasteiger partial charge in [-0.3, -0.25) is 9.59 Å². The minimum atomic E-state index is -0.770. The van der Waals surface area contributed by atoms with Gasteiger partial charge in [-0.15, -0.1) is 0 Å². The summed E-state index contributed by atoms with van der Waals surface area (Å²) in [5, 5.41) is 5.68. The molecule has 2 heterocycles. The van der Waals surface area contributed by atoms with Crippen molar-refractivity contribution in [2.75, 3.05) is 12.0 Å². The van der Waals surface area contributed by atoms with Gasteiger partial charge in [-0.25, -0.2) is 14.7 Å². The average Bonchev–Trinajstić information content (AvgIpc) is 3.38. The average molecular weight is 447 g/mol. The number of anilines is 1. The van der Waals surface area contributed by atoms with Crippen LogP contribution in [0.15, 0.2) is 67.0 Å². The van der Waals surface area contributed by atoms with Crippen LogP contribution in [0.3, 0.4) is 0 Å². The number of aromatic nitrogens is 2. The van der Waals surface area contributed by atoms with Crippen LogP contribution in [0.4, 0.5) is 10.5 Å². The van der Waals surface area contributed by atoms with E-state index >= 15 is 0 Å². The van der Waals surface area contributed by atoms with Gasteiger partial charge in [0.2, 0.25) is 5.91 Å². The van der Waals surface area contributed by atoms with Crippen molar-refractivity contribution in [1.82, 2.24) is 20.2 Å². The van der Waals surface area contributed by atoms with Crippen molar-refractivity contribution in [2.45, 2.75) is 24.9 Å². The Bertz CT molecular complexity index is 1140. The number of urea groups is 1. The molecule has 9 nitrogen and oxygen atoms in total. The number of methoxy groups -OCH3 is 1. The van der Waals surface area contributed by atoms with Gasteiger partial charge >= 0.3 is 6.03 Å². The third-order valence-corrected chi connectivity index (χ3v) is 5.56.